The lowest BCUT2D eigenvalue weighted by atomic mass is 10.0. The molecule has 0 fully saturated rings. The standard InChI is InChI=1S/C20H17F3N2O2/c21-15-5-1-13(2-6-15)9-16-11-17(27-25-16)12-24-20(26)8-4-14-3-7-18(22)19(23)10-14/h1-8,10,17H,9,11-12H2,(H,24,26)/b8-4+/t17-/m1/s1. The number of carbonyl (C=O) groups excluding carboxylic acids is 1. The number of oxime groups is 1. The van der Waals surface area contributed by atoms with E-state index in [1.54, 1.807) is 12.1 Å². The van der Waals surface area contributed by atoms with Crippen LogP contribution < -0.4 is 5.32 Å². The average Bonchev–Trinajstić information content (AvgIpc) is 3.10. The first-order valence-corrected chi connectivity index (χ1v) is 8.36. The summed E-state index contributed by atoms with van der Waals surface area (Å²) in [5.74, 6) is -2.58. The summed E-state index contributed by atoms with van der Waals surface area (Å²) in [6.07, 6.45) is 3.47. The van der Waals surface area contributed by atoms with Gasteiger partial charge < -0.3 is 10.2 Å². The molecule has 140 valence electrons. The number of rotatable bonds is 6. The summed E-state index contributed by atoms with van der Waals surface area (Å²) in [5, 5.41) is 6.67. The lowest BCUT2D eigenvalue weighted by molar-refractivity contribution is -0.117. The van der Waals surface area contributed by atoms with Crippen molar-refractivity contribution in [3.63, 3.8) is 0 Å². The smallest absolute Gasteiger partial charge is 0.244 e. The summed E-state index contributed by atoms with van der Waals surface area (Å²) in [6, 6.07) is 9.55. The molecule has 1 aliphatic heterocycles. The second kappa shape index (κ2) is 8.53. The number of carbonyl (C=O) groups is 1. The lowest BCUT2D eigenvalue weighted by Crippen LogP contribution is -2.31. The fraction of sp³-hybridized carbons (Fsp3) is 0.200. The molecule has 0 aromatic heterocycles. The number of hydrogen-bond acceptors (Lipinski definition) is 3. The highest BCUT2D eigenvalue weighted by molar-refractivity contribution is 5.92. The van der Waals surface area contributed by atoms with Gasteiger partial charge in [0.2, 0.25) is 5.91 Å². The van der Waals surface area contributed by atoms with Gasteiger partial charge in [-0.1, -0.05) is 23.4 Å². The van der Waals surface area contributed by atoms with Crippen LogP contribution in [-0.2, 0) is 16.1 Å². The molecule has 1 aliphatic rings. The van der Waals surface area contributed by atoms with Crippen LogP contribution in [0.25, 0.3) is 6.08 Å². The Kier molecular flexibility index (Phi) is 5.90. The summed E-state index contributed by atoms with van der Waals surface area (Å²) in [7, 11) is 0. The normalized spacial score (nSPS) is 16.3. The SMILES string of the molecule is O=C(/C=C/c1ccc(F)c(F)c1)NC[C@H]1CC(Cc2ccc(F)cc2)=NO1. The molecule has 3 rings (SSSR count). The summed E-state index contributed by atoms with van der Waals surface area (Å²) < 4.78 is 38.9. The second-order valence-electron chi connectivity index (χ2n) is 6.14. The summed E-state index contributed by atoms with van der Waals surface area (Å²) >= 11 is 0. The Morgan fingerprint density at radius 1 is 1.15 bits per heavy atom. The molecule has 1 amide bonds. The summed E-state index contributed by atoms with van der Waals surface area (Å²) in [4.78, 5) is 17.1. The van der Waals surface area contributed by atoms with Crippen LogP contribution in [0.3, 0.4) is 0 Å². The first-order valence-electron chi connectivity index (χ1n) is 8.36. The zero-order chi connectivity index (χ0) is 19.2. The lowest BCUT2D eigenvalue weighted by Gasteiger charge is -2.08. The van der Waals surface area contributed by atoms with Gasteiger partial charge in [-0.2, -0.15) is 0 Å². The molecule has 0 spiro atoms. The zero-order valence-electron chi connectivity index (χ0n) is 14.3. The molecule has 7 heteroatoms. The Morgan fingerprint density at radius 2 is 1.93 bits per heavy atom. The average molecular weight is 374 g/mol. The molecule has 0 aliphatic carbocycles. The predicted molar refractivity (Wildman–Crippen MR) is 95.4 cm³/mol. The van der Waals surface area contributed by atoms with Gasteiger partial charge in [0, 0.05) is 18.9 Å². The molecule has 4 nitrogen and oxygen atoms in total. The number of nitrogens with one attached hydrogen (secondary N) is 1. The van der Waals surface area contributed by atoms with Gasteiger partial charge in [-0.05, 0) is 41.5 Å². The fourth-order valence-corrected chi connectivity index (χ4v) is 2.60. The molecule has 1 atom stereocenters. The number of hydrogen-bond donors (Lipinski definition) is 1. The van der Waals surface area contributed by atoms with E-state index in [9.17, 15) is 18.0 Å². The van der Waals surface area contributed by atoms with Crippen LogP contribution in [0.15, 0.2) is 53.7 Å². The summed E-state index contributed by atoms with van der Waals surface area (Å²) in [6.45, 7) is 0.261. The Hall–Kier alpha value is -3.09. The Bertz CT molecular complexity index is 879. The molecule has 2 aromatic carbocycles. The van der Waals surface area contributed by atoms with E-state index in [4.69, 9.17) is 4.84 Å². The van der Waals surface area contributed by atoms with Gasteiger partial charge in [0.15, 0.2) is 11.6 Å². The molecule has 0 radical (unpaired) electrons. The minimum atomic E-state index is -0.970. The largest absolute Gasteiger partial charge is 0.390 e. The third-order valence-electron chi connectivity index (χ3n) is 3.99. The predicted octanol–water partition coefficient (Wildman–Crippen LogP) is 3.62. The molecule has 0 unspecified atom stereocenters. The maximum atomic E-state index is 13.1. The quantitative estimate of drug-likeness (QED) is 0.786. The van der Waals surface area contributed by atoms with Gasteiger partial charge in [0.1, 0.15) is 11.9 Å². The first-order chi connectivity index (χ1) is 13.0. The molecular weight excluding hydrogens is 357 g/mol. The van der Waals surface area contributed by atoms with Gasteiger partial charge in [0.05, 0.1) is 12.3 Å². The molecule has 27 heavy (non-hydrogen) atoms. The number of benzene rings is 2. The van der Waals surface area contributed by atoms with Crippen molar-refractivity contribution >= 4 is 17.7 Å². The van der Waals surface area contributed by atoms with E-state index in [1.165, 1.54) is 30.4 Å². The van der Waals surface area contributed by atoms with Crippen molar-refractivity contribution in [2.75, 3.05) is 6.54 Å². The highest BCUT2D eigenvalue weighted by atomic mass is 19.2. The highest BCUT2D eigenvalue weighted by Crippen LogP contribution is 2.14. The van der Waals surface area contributed by atoms with E-state index in [-0.39, 0.29) is 24.4 Å². The van der Waals surface area contributed by atoms with Gasteiger partial charge in [-0.25, -0.2) is 13.2 Å². The van der Waals surface area contributed by atoms with Crippen LogP contribution in [0.4, 0.5) is 13.2 Å². The fourth-order valence-electron chi connectivity index (χ4n) is 2.60. The Labute approximate surface area is 154 Å². The molecular formula is C20H17F3N2O2. The number of halogens is 3. The maximum absolute atomic E-state index is 13.1. The summed E-state index contributed by atoms with van der Waals surface area (Å²) in [5.41, 5.74) is 2.13. The molecule has 1 N–H and O–H groups in total. The van der Waals surface area contributed by atoms with E-state index in [1.807, 2.05) is 0 Å². The number of amides is 1. The van der Waals surface area contributed by atoms with E-state index in [0.29, 0.717) is 18.4 Å². The van der Waals surface area contributed by atoms with Crippen molar-refractivity contribution in [1.82, 2.24) is 5.32 Å². The van der Waals surface area contributed by atoms with Crippen molar-refractivity contribution in [2.24, 2.45) is 5.16 Å². The highest BCUT2D eigenvalue weighted by Gasteiger charge is 2.21. The van der Waals surface area contributed by atoms with Crippen molar-refractivity contribution in [1.29, 1.82) is 0 Å². The number of nitrogens with zero attached hydrogens (tertiary/aromatic N) is 1. The van der Waals surface area contributed by atoms with Gasteiger partial charge >= 0.3 is 0 Å². The molecule has 0 bridgehead atoms. The van der Waals surface area contributed by atoms with Gasteiger partial charge in [0.25, 0.3) is 0 Å². The third-order valence-corrected chi connectivity index (χ3v) is 3.99. The van der Waals surface area contributed by atoms with Gasteiger partial charge in [-0.3, -0.25) is 4.79 Å². The maximum Gasteiger partial charge on any atom is 0.244 e. The molecule has 0 saturated heterocycles. The monoisotopic (exact) mass is 374 g/mol. The van der Waals surface area contributed by atoms with E-state index in [0.717, 1.165) is 23.4 Å². The minimum Gasteiger partial charge on any atom is -0.390 e. The molecule has 1 heterocycles. The van der Waals surface area contributed by atoms with Crippen molar-refractivity contribution < 1.29 is 22.8 Å². The van der Waals surface area contributed by atoms with E-state index in [2.05, 4.69) is 10.5 Å². The van der Waals surface area contributed by atoms with Crippen LogP contribution in [0.1, 0.15) is 17.5 Å². The van der Waals surface area contributed by atoms with E-state index < -0.39 is 11.6 Å². The third kappa shape index (κ3) is 5.44. The van der Waals surface area contributed by atoms with Crippen LogP contribution in [0.2, 0.25) is 0 Å². The van der Waals surface area contributed by atoms with Gasteiger partial charge in [-0.15, -0.1) is 0 Å². The van der Waals surface area contributed by atoms with Crippen LogP contribution in [-0.4, -0.2) is 24.3 Å². The van der Waals surface area contributed by atoms with Crippen LogP contribution in [0.5, 0.6) is 0 Å². The zero-order valence-corrected chi connectivity index (χ0v) is 14.3. The second-order valence-corrected chi connectivity index (χ2v) is 6.14. The molecule has 0 saturated carbocycles. The van der Waals surface area contributed by atoms with Crippen molar-refractivity contribution in [3.8, 4) is 0 Å². The molecule has 2 aromatic rings. The van der Waals surface area contributed by atoms with Crippen LogP contribution >= 0.6 is 0 Å². The Balaban J connectivity index is 1.42. The minimum absolute atomic E-state index is 0.261. The van der Waals surface area contributed by atoms with Crippen LogP contribution in [0, 0.1) is 17.5 Å². The first kappa shape index (κ1) is 18.7. The van der Waals surface area contributed by atoms with E-state index >= 15 is 0 Å². The van der Waals surface area contributed by atoms with Crippen molar-refractivity contribution in [3.05, 3.63) is 77.1 Å². The topological polar surface area (TPSA) is 50.7 Å². The Morgan fingerprint density at radius 3 is 2.67 bits per heavy atom. The van der Waals surface area contributed by atoms with Crippen molar-refractivity contribution in [2.45, 2.75) is 18.9 Å².